The average molecular weight is 242 g/mol. The van der Waals surface area contributed by atoms with Crippen molar-refractivity contribution in [1.82, 2.24) is 5.32 Å². The molecule has 1 saturated heterocycles. The van der Waals surface area contributed by atoms with Crippen LogP contribution in [0.15, 0.2) is 0 Å². The van der Waals surface area contributed by atoms with Crippen LogP contribution in [0.3, 0.4) is 0 Å². The molecule has 0 saturated carbocycles. The highest BCUT2D eigenvalue weighted by Gasteiger charge is 2.41. The van der Waals surface area contributed by atoms with Gasteiger partial charge in [-0.25, -0.2) is 0 Å². The van der Waals surface area contributed by atoms with E-state index in [1.54, 1.807) is 0 Å². The van der Waals surface area contributed by atoms with Crippen molar-refractivity contribution in [3.05, 3.63) is 0 Å². The predicted octanol–water partition coefficient (Wildman–Crippen LogP) is 1.15. The molecule has 0 aromatic carbocycles. The zero-order chi connectivity index (χ0) is 13.2. The Morgan fingerprint density at radius 3 is 2.29 bits per heavy atom. The molecule has 100 valence electrons. The van der Waals surface area contributed by atoms with Crippen molar-refractivity contribution in [2.24, 2.45) is 23.0 Å². The summed E-state index contributed by atoms with van der Waals surface area (Å²) in [6.07, 6.45) is 0.157. The molecule has 1 aliphatic rings. The van der Waals surface area contributed by atoms with E-state index in [0.29, 0.717) is 13.1 Å². The van der Waals surface area contributed by atoms with E-state index in [1.165, 1.54) is 0 Å². The Morgan fingerprint density at radius 1 is 1.29 bits per heavy atom. The lowest BCUT2D eigenvalue weighted by atomic mass is 9.88. The van der Waals surface area contributed by atoms with Gasteiger partial charge in [-0.3, -0.25) is 4.79 Å². The summed E-state index contributed by atoms with van der Waals surface area (Å²) in [5.74, 6) is 0.320. The van der Waals surface area contributed by atoms with Gasteiger partial charge in [0, 0.05) is 6.54 Å². The van der Waals surface area contributed by atoms with Gasteiger partial charge in [-0.05, 0) is 31.7 Å². The lowest BCUT2D eigenvalue weighted by Gasteiger charge is -2.25. The molecule has 4 unspecified atom stereocenters. The minimum atomic E-state index is -0.0484. The largest absolute Gasteiger partial charge is 0.374 e. The summed E-state index contributed by atoms with van der Waals surface area (Å²) in [6.45, 7) is 11.4. The molecule has 17 heavy (non-hydrogen) atoms. The Morgan fingerprint density at radius 2 is 1.88 bits per heavy atom. The van der Waals surface area contributed by atoms with Gasteiger partial charge in [-0.1, -0.05) is 20.8 Å². The van der Waals surface area contributed by atoms with E-state index in [1.807, 2.05) is 27.7 Å². The van der Waals surface area contributed by atoms with Crippen molar-refractivity contribution >= 4 is 5.91 Å². The maximum absolute atomic E-state index is 12.1. The maximum Gasteiger partial charge on any atom is 0.226 e. The molecular formula is C13H26N2O2. The minimum Gasteiger partial charge on any atom is -0.374 e. The highest BCUT2D eigenvalue weighted by Crippen LogP contribution is 2.32. The smallest absolute Gasteiger partial charge is 0.226 e. The van der Waals surface area contributed by atoms with Gasteiger partial charge < -0.3 is 15.8 Å². The van der Waals surface area contributed by atoms with E-state index >= 15 is 0 Å². The fraction of sp³-hybridized carbons (Fsp3) is 0.923. The minimum absolute atomic E-state index is 0.000916. The summed E-state index contributed by atoms with van der Waals surface area (Å²) in [7, 11) is 0. The Labute approximate surface area is 104 Å². The van der Waals surface area contributed by atoms with E-state index in [9.17, 15) is 4.79 Å². The second-order valence-corrected chi connectivity index (χ2v) is 6.02. The molecule has 4 atom stereocenters. The first-order valence-electron chi connectivity index (χ1n) is 6.42. The van der Waals surface area contributed by atoms with Gasteiger partial charge in [0.2, 0.25) is 5.91 Å². The van der Waals surface area contributed by atoms with Gasteiger partial charge in [0.05, 0.1) is 18.1 Å². The summed E-state index contributed by atoms with van der Waals surface area (Å²) in [6, 6.07) is 0. The van der Waals surface area contributed by atoms with E-state index < -0.39 is 0 Å². The molecule has 1 aliphatic heterocycles. The van der Waals surface area contributed by atoms with Crippen LogP contribution < -0.4 is 11.1 Å². The number of rotatable bonds is 4. The molecular weight excluding hydrogens is 216 g/mol. The summed E-state index contributed by atoms with van der Waals surface area (Å²) >= 11 is 0. The van der Waals surface area contributed by atoms with Crippen molar-refractivity contribution in [2.75, 3.05) is 13.1 Å². The number of nitrogens with two attached hydrogens (primary N) is 1. The molecule has 0 spiro atoms. The Kier molecular flexibility index (Phi) is 4.55. The van der Waals surface area contributed by atoms with Crippen LogP contribution in [-0.2, 0) is 9.53 Å². The van der Waals surface area contributed by atoms with Crippen LogP contribution >= 0.6 is 0 Å². The van der Waals surface area contributed by atoms with Gasteiger partial charge in [0.15, 0.2) is 0 Å². The van der Waals surface area contributed by atoms with Crippen LogP contribution in [0.2, 0.25) is 0 Å². The number of hydrogen-bond donors (Lipinski definition) is 2. The van der Waals surface area contributed by atoms with Crippen molar-refractivity contribution in [1.29, 1.82) is 0 Å². The maximum atomic E-state index is 12.1. The normalized spacial score (nSPS) is 33.8. The third-order valence-corrected chi connectivity index (χ3v) is 3.84. The van der Waals surface area contributed by atoms with Gasteiger partial charge in [-0.2, -0.15) is 0 Å². The second-order valence-electron chi connectivity index (χ2n) is 6.02. The highest BCUT2D eigenvalue weighted by atomic mass is 16.5. The third kappa shape index (κ3) is 3.42. The molecule has 0 aromatic heterocycles. The van der Waals surface area contributed by atoms with Gasteiger partial charge >= 0.3 is 0 Å². The van der Waals surface area contributed by atoms with Crippen molar-refractivity contribution < 1.29 is 9.53 Å². The fourth-order valence-corrected chi connectivity index (χ4v) is 2.23. The first-order valence-corrected chi connectivity index (χ1v) is 6.42. The molecule has 1 amide bonds. The lowest BCUT2D eigenvalue weighted by molar-refractivity contribution is -0.127. The molecule has 4 heteroatoms. The lowest BCUT2D eigenvalue weighted by Crippen LogP contribution is -2.43. The number of amides is 1. The van der Waals surface area contributed by atoms with Gasteiger partial charge in [0.1, 0.15) is 0 Å². The Hall–Kier alpha value is -0.610. The molecule has 0 radical (unpaired) electrons. The zero-order valence-corrected chi connectivity index (χ0v) is 11.6. The summed E-state index contributed by atoms with van der Waals surface area (Å²) in [4.78, 5) is 12.1. The van der Waals surface area contributed by atoms with Gasteiger partial charge in [-0.15, -0.1) is 0 Å². The summed E-state index contributed by atoms with van der Waals surface area (Å²) in [5, 5.41) is 3.00. The molecule has 1 rings (SSSR count). The molecule has 3 N–H and O–H groups in total. The zero-order valence-electron chi connectivity index (χ0n) is 11.6. The fourth-order valence-electron chi connectivity index (χ4n) is 2.23. The summed E-state index contributed by atoms with van der Waals surface area (Å²) in [5.41, 5.74) is 5.60. The standard InChI is InChI=1S/C13H26N2O2/c1-8-9(2)17-10(3)11(8)12(16)15-7-13(4,5)6-14/h8-11H,6-7,14H2,1-5H3,(H,15,16). The molecule has 1 fully saturated rings. The van der Waals surface area contributed by atoms with E-state index in [4.69, 9.17) is 10.5 Å². The average Bonchev–Trinajstić information content (AvgIpc) is 2.50. The summed E-state index contributed by atoms with van der Waals surface area (Å²) < 4.78 is 5.68. The topological polar surface area (TPSA) is 64.3 Å². The number of carbonyl (C=O) groups excluding carboxylic acids is 1. The van der Waals surface area contributed by atoms with Crippen molar-refractivity contribution in [3.63, 3.8) is 0 Å². The Balaban J connectivity index is 2.53. The van der Waals surface area contributed by atoms with Crippen LogP contribution in [0.1, 0.15) is 34.6 Å². The number of carbonyl (C=O) groups is 1. The van der Waals surface area contributed by atoms with Crippen molar-refractivity contribution in [2.45, 2.75) is 46.8 Å². The van der Waals surface area contributed by atoms with E-state index in [2.05, 4.69) is 12.2 Å². The first kappa shape index (κ1) is 14.5. The SMILES string of the molecule is CC1OC(C)C(C(=O)NCC(C)(C)CN)C1C. The molecule has 4 nitrogen and oxygen atoms in total. The quantitative estimate of drug-likeness (QED) is 0.777. The molecule has 1 heterocycles. The van der Waals surface area contributed by atoms with Crippen LogP contribution in [0.25, 0.3) is 0 Å². The monoisotopic (exact) mass is 242 g/mol. The molecule has 0 aromatic rings. The second kappa shape index (κ2) is 5.36. The highest BCUT2D eigenvalue weighted by molar-refractivity contribution is 5.79. The van der Waals surface area contributed by atoms with E-state index in [-0.39, 0.29) is 35.4 Å². The van der Waals surface area contributed by atoms with Crippen LogP contribution in [0.4, 0.5) is 0 Å². The van der Waals surface area contributed by atoms with E-state index in [0.717, 1.165) is 0 Å². The van der Waals surface area contributed by atoms with Crippen LogP contribution in [0, 0.1) is 17.3 Å². The third-order valence-electron chi connectivity index (χ3n) is 3.84. The van der Waals surface area contributed by atoms with Gasteiger partial charge in [0.25, 0.3) is 0 Å². The van der Waals surface area contributed by atoms with Crippen LogP contribution in [-0.4, -0.2) is 31.2 Å². The molecule has 0 aliphatic carbocycles. The Bertz CT molecular complexity index is 279. The number of hydrogen-bond acceptors (Lipinski definition) is 3. The number of ether oxygens (including phenoxy) is 1. The van der Waals surface area contributed by atoms with Crippen LogP contribution in [0.5, 0.6) is 0 Å². The number of nitrogens with one attached hydrogen (secondary N) is 1. The first-order chi connectivity index (χ1) is 7.78. The molecule has 0 bridgehead atoms. The van der Waals surface area contributed by atoms with Crippen molar-refractivity contribution in [3.8, 4) is 0 Å². The predicted molar refractivity (Wildman–Crippen MR) is 68.5 cm³/mol.